The quantitative estimate of drug-likeness (QED) is 0.540. The Morgan fingerprint density at radius 1 is 1.33 bits per heavy atom. The SMILES string of the molecule is CCNC(=O)[C@@H](C)CCCNC(=O)CBr. The Balaban J connectivity index is 3.50. The van der Waals surface area contributed by atoms with E-state index in [9.17, 15) is 9.59 Å². The van der Waals surface area contributed by atoms with E-state index in [2.05, 4.69) is 26.6 Å². The van der Waals surface area contributed by atoms with Crippen LogP contribution in [-0.2, 0) is 9.59 Å². The maximum atomic E-state index is 11.3. The topological polar surface area (TPSA) is 58.2 Å². The van der Waals surface area contributed by atoms with E-state index in [4.69, 9.17) is 0 Å². The number of carbonyl (C=O) groups is 2. The zero-order valence-electron chi connectivity index (χ0n) is 9.31. The van der Waals surface area contributed by atoms with Crippen LogP contribution < -0.4 is 10.6 Å². The average Bonchev–Trinajstić information content (AvgIpc) is 2.23. The minimum absolute atomic E-state index is 0.0133. The van der Waals surface area contributed by atoms with E-state index >= 15 is 0 Å². The van der Waals surface area contributed by atoms with Crippen molar-refractivity contribution in [2.75, 3.05) is 18.4 Å². The van der Waals surface area contributed by atoms with Crippen molar-refractivity contribution >= 4 is 27.7 Å². The van der Waals surface area contributed by atoms with Crippen LogP contribution in [0, 0.1) is 5.92 Å². The van der Waals surface area contributed by atoms with Gasteiger partial charge in [-0.1, -0.05) is 22.9 Å². The van der Waals surface area contributed by atoms with Gasteiger partial charge in [0, 0.05) is 19.0 Å². The minimum Gasteiger partial charge on any atom is -0.356 e. The number of alkyl halides is 1. The summed E-state index contributed by atoms with van der Waals surface area (Å²) < 4.78 is 0. The van der Waals surface area contributed by atoms with Crippen molar-refractivity contribution in [3.05, 3.63) is 0 Å². The summed E-state index contributed by atoms with van der Waals surface area (Å²) in [7, 11) is 0. The van der Waals surface area contributed by atoms with Gasteiger partial charge in [0.2, 0.25) is 11.8 Å². The van der Waals surface area contributed by atoms with E-state index in [0.29, 0.717) is 18.4 Å². The molecule has 0 aliphatic heterocycles. The van der Waals surface area contributed by atoms with Gasteiger partial charge in [0.15, 0.2) is 0 Å². The first-order valence-corrected chi connectivity index (χ1v) is 6.34. The molecule has 0 spiro atoms. The smallest absolute Gasteiger partial charge is 0.230 e. The Morgan fingerprint density at radius 2 is 2.00 bits per heavy atom. The third-order valence-electron chi connectivity index (χ3n) is 2.06. The highest BCUT2D eigenvalue weighted by atomic mass is 79.9. The normalized spacial score (nSPS) is 11.9. The van der Waals surface area contributed by atoms with Crippen molar-refractivity contribution in [3.63, 3.8) is 0 Å². The van der Waals surface area contributed by atoms with Crippen molar-refractivity contribution in [3.8, 4) is 0 Å². The van der Waals surface area contributed by atoms with Gasteiger partial charge in [-0.2, -0.15) is 0 Å². The lowest BCUT2D eigenvalue weighted by Crippen LogP contribution is -2.30. The Kier molecular flexibility index (Phi) is 8.37. The summed E-state index contributed by atoms with van der Waals surface area (Å²) in [5.41, 5.74) is 0. The first kappa shape index (κ1) is 14.4. The van der Waals surface area contributed by atoms with Gasteiger partial charge in [0.25, 0.3) is 0 Å². The molecule has 0 radical (unpaired) electrons. The van der Waals surface area contributed by atoms with Gasteiger partial charge in [-0.15, -0.1) is 0 Å². The second-order valence-corrected chi connectivity index (χ2v) is 3.98. The second-order valence-electron chi connectivity index (χ2n) is 3.42. The lowest BCUT2D eigenvalue weighted by Gasteiger charge is -2.10. The predicted molar refractivity (Wildman–Crippen MR) is 63.9 cm³/mol. The molecule has 1 atom stereocenters. The molecule has 0 aliphatic rings. The standard InChI is InChI=1S/C10H19BrN2O2/c1-3-12-10(15)8(2)5-4-6-13-9(14)7-11/h8H,3-7H2,1-2H3,(H,12,15)(H,13,14)/t8-/m0/s1. The van der Waals surface area contributed by atoms with Crippen LogP contribution >= 0.6 is 15.9 Å². The first-order valence-electron chi connectivity index (χ1n) is 5.22. The molecule has 2 N–H and O–H groups in total. The molecule has 0 saturated heterocycles. The van der Waals surface area contributed by atoms with Crippen LogP contribution in [0.1, 0.15) is 26.7 Å². The molecule has 0 aromatic rings. The Morgan fingerprint density at radius 3 is 2.53 bits per heavy atom. The van der Waals surface area contributed by atoms with Gasteiger partial charge in [0.05, 0.1) is 5.33 Å². The molecule has 0 aliphatic carbocycles. The fourth-order valence-corrected chi connectivity index (χ4v) is 1.36. The van der Waals surface area contributed by atoms with Crippen molar-refractivity contribution < 1.29 is 9.59 Å². The zero-order valence-corrected chi connectivity index (χ0v) is 10.9. The van der Waals surface area contributed by atoms with E-state index in [1.54, 1.807) is 0 Å². The molecular weight excluding hydrogens is 260 g/mol. The van der Waals surface area contributed by atoms with Gasteiger partial charge in [-0.3, -0.25) is 9.59 Å². The Hall–Kier alpha value is -0.580. The maximum absolute atomic E-state index is 11.3. The van der Waals surface area contributed by atoms with Crippen LogP contribution in [0.2, 0.25) is 0 Å². The summed E-state index contributed by atoms with van der Waals surface area (Å²) in [5.74, 6) is 0.0933. The number of amides is 2. The third kappa shape index (κ3) is 7.36. The van der Waals surface area contributed by atoms with E-state index in [0.717, 1.165) is 12.8 Å². The van der Waals surface area contributed by atoms with Gasteiger partial charge < -0.3 is 10.6 Å². The highest BCUT2D eigenvalue weighted by Crippen LogP contribution is 2.04. The Bertz CT molecular complexity index is 210. The fourth-order valence-electron chi connectivity index (χ4n) is 1.16. The van der Waals surface area contributed by atoms with Gasteiger partial charge in [-0.25, -0.2) is 0 Å². The first-order chi connectivity index (χ1) is 7.11. The molecule has 0 rings (SSSR count). The molecule has 15 heavy (non-hydrogen) atoms. The summed E-state index contributed by atoms with van der Waals surface area (Å²) >= 11 is 3.06. The Labute approximate surface area is 99.3 Å². The van der Waals surface area contributed by atoms with Crippen LogP contribution in [-0.4, -0.2) is 30.2 Å². The summed E-state index contributed by atoms with van der Waals surface area (Å²) in [4.78, 5) is 22.2. The molecule has 0 saturated carbocycles. The van der Waals surface area contributed by atoms with Crippen LogP contribution in [0.15, 0.2) is 0 Å². The molecule has 0 aromatic carbocycles. The van der Waals surface area contributed by atoms with Crippen molar-refractivity contribution in [1.29, 1.82) is 0 Å². The molecule has 5 heteroatoms. The van der Waals surface area contributed by atoms with Crippen LogP contribution in [0.25, 0.3) is 0 Å². The lowest BCUT2D eigenvalue weighted by atomic mass is 10.1. The number of nitrogens with one attached hydrogen (secondary N) is 2. The fraction of sp³-hybridized carbons (Fsp3) is 0.800. The molecule has 0 fully saturated rings. The molecule has 0 bridgehead atoms. The minimum atomic E-state index is -0.0133. The number of hydrogen-bond acceptors (Lipinski definition) is 2. The zero-order chi connectivity index (χ0) is 11.7. The van der Waals surface area contributed by atoms with E-state index in [1.165, 1.54) is 0 Å². The molecular formula is C10H19BrN2O2. The largest absolute Gasteiger partial charge is 0.356 e. The van der Waals surface area contributed by atoms with E-state index < -0.39 is 0 Å². The monoisotopic (exact) mass is 278 g/mol. The highest BCUT2D eigenvalue weighted by molar-refractivity contribution is 9.09. The van der Waals surface area contributed by atoms with E-state index in [-0.39, 0.29) is 17.7 Å². The van der Waals surface area contributed by atoms with Gasteiger partial charge in [-0.05, 0) is 19.8 Å². The average molecular weight is 279 g/mol. The second kappa shape index (κ2) is 8.71. The van der Waals surface area contributed by atoms with Gasteiger partial charge >= 0.3 is 0 Å². The molecule has 88 valence electrons. The van der Waals surface area contributed by atoms with E-state index in [1.807, 2.05) is 13.8 Å². The third-order valence-corrected chi connectivity index (χ3v) is 2.57. The number of rotatable bonds is 7. The summed E-state index contributed by atoms with van der Waals surface area (Å²) in [6, 6.07) is 0. The number of hydrogen-bond donors (Lipinski definition) is 2. The van der Waals surface area contributed by atoms with Crippen LogP contribution in [0.4, 0.5) is 0 Å². The molecule has 0 unspecified atom stereocenters. The summed E-state index contributed by atoms with van der Waals surface area (Å²) in [6.45, 7) is 5.11. The molecule has 0 aromatic heterocycles. The number of carbonyl (C=O) groups excluding carboxylic acids is 2. The molecule has 2 amide bonds. The maximum Gasteiger partial charge on any atom is 0.230 e. The van der Waals surface area contributed by atoms with Crippen molar-refractivity contribution in [2.45, 2.75) is 26.7 Å². The summed E-state index contributed by atoms with van der Waals surface area (Å²) in [5, 5.41) is 5.85. The summed E-state index contributed by atoms with van der Waals surface area (Å²) in [6.07, 6.45) is 1.63. The van der Waals surface area contributed by atoms with Crippen molar-refractivity contribution in [2.24, 2.45) is 5.92 Å². The highest BCUT2D eigenvalue weighted by Gasteiger charge is 2.10. The predicted octanol–water partition coefficient (Wildman–Crippen LogP) is 1.05. The lowest BCUT2D eigenvalue weighted by molar-refractivity contribution is -0.124. The van der Waals surface area contributed by atoms with Gasteiger partial charge in [0.1, 0.15) is 0 Å². The molecule has 0 heterocycles. The molecule has 4 nitrogen and oxygen atoms in total. The number of halogens is 1. The van der Waals surface area contributed by atoms with Crippen molar-refractivity contribution in [1.82, 2.24) is 10.6 Å². The van der Waals surface area contributed by atoms with Crippen LogP contribution in [0.3, 0.4) is 0 Å². The van der Waals surface area contributed by atoms with Crippen LogP contribution in [0.5, 0.6) is 0 Å².